The van der Waals surface area contributed by atoms with E-state index in [4.69, 9.17) is 0 Å². The molecule has 2 fully saturated rings. The molecule has 2 saturated heterocycles. The molecule has 0 aromatic heterocycles. The molecule has 156 valence electrons. The van der Waals surface area contributed by atoms with Crippen molar-refractivity contribution in [2.24, 2.45) is 0 Å². The van der Waals surface area contributed by atoms with E-state index in [0.717, 1.165) is 19.6 Å². The van der Waals surface area contributed by atoms with E-state index in [-0.39, 0.29) is 4.90 Å². The maximum absolute atomic E-state index is 13.1. The molecule has 2 aromatic rings. The van der Waals surface area contributed by atoms with Crippen molar-refractivity contribution in [2.75, 3.05) is 39.3 Å². The molecule has 0 bridgehead atoms. The Hall–Kier alpha value is -1.80. The smallest absolute Gasteiger partial charge is 0.243 e. The lowest BCUT2D eigenvalue weighted by Crippen LogP contribution is -3.21. The summed E-state index contributed by atoms with van der Waals surface area (Å²) in [5, 5.41) is 0. The minimum Gasteiger partial charge on any atom is -0.331 e. The number of likely N-dealkylation sites (tertiary alicyclic amines) is 1. The third kappa shape index (κ3) is 4.86. The zero-order valence-corrected chi connectivity index (χ0v) is 17.5. The molecule has 0 spiro atoms. The van der Waals surface area contributed by atoms with Crippen molar-refractivity contribution < 1.29 is 22.6 Å². The second-order valence-electron chi connectivity index (χ2n) is 8.20. The molecule has 0 atom stereocenters. The third-order valence-corrected chi connectivity index (χ3v) is 8.30. The van der Waals surface area contributed by atoms with Crippen LogP contribution in [0.3, 0.4) is 0 Å². The molecule has 5 nitrogen and oxygen atoms in total. The van der Waals surface area contributed by atoms with Gasteiger partial charge in [0.2, 0.25) is 10.0 Å². The summed E-state index contributed by atoms with van der Waals surface area (Å²) < 4.78 is 40.2. The summed E-state index contributed by atoms with van der Waals surface area (Å²) in [6.07, 6.45) is 2.39. The van der Waals surface area contributed by atoms with E-state index in [0.29, 0.717) is 19.1 Å². The van der Waals surface area contributed by atoms with Gasteiger partial charge in [-0.1, -0.05) is 30.3 Å². The van der Waals surface area contributed by atoms with Gasteiger partial charge in [0.25, 0.3) is 0 Å². The fourth-order valence-electron chi connectivity index (χ4n) is 4.67. The van der Waals surface area contributed by atoms with Crippen LogP contribution in [0.25, 0.3) is 0 Å². The molecule has 0 unspecified atom stereocenters. The van der Waals surface area contributed by atoms with Crippen molar-refractivity contribution >= 4 is 10.0 Å². The van der Waals surface area contributed by atoms with Gasteiger partial charge in [-0.15, -0.1) is 0 Å². The maximum atomic E-state index is 13.1. The number of hydrogen-bond acceptors (Lipinski definition) is 2. The van der Waals surface area contributed by atoms with Gasteiger partial charge in [0.1, 0.15) is 12.4 Å². The molecule has 4 rings (SSSR count). The van der Waals surface area contributed by atoms with Gasteiger partial charge in [-0.25, -0.2) is 12.8 Å². The number of nitrogens with zero attached hydrogens (tertiary/aromatic N) is 1. The number of piperazine rings is 1. The van der Waals surface area contributed by atoms with Crippen molar-refractivity contribution in [3.05, 3.63) is 66.0 Å². The highest BCUT2D eigenvalue weighted by molar-refractivity contribution is 7.89. The molecule has 2 heterocycles. The zero-order valence-electron chi connectivity index (χ0n) is 16.7. The normalized spacial score (nSPS) is 24.4. The van der Waals surface area contributed by atoms with Gasteiger partial charge >= 0.3 is 0 Å². The Bertz CT molecular complexity index is 889. The standard InChI is InChI=1S/C22H28FN3O2S/c23-20-6-8-22(9-7-20)29(27,28)26-16-14-25(15-17-26)21-10-12-24(13-11-21)18-19-4-2-1-3-5-19/h1-9,21H,10-18H2/p+2. The van der Waals surface area contributed by atoms with Crippen molar-refractivity contribution in [3.63, 3.8) is 0 Å². The Kier molecular flexibility index (Phi) is 6.29. The summed E-state index contributed by atoms with van der Waals surface area (Å²) in [6, 6.07) is 16.4. The Morgan fingerprint density at radius 2 is 1.52 bits per heavy atom. The highest BCUT2D eigenvalue weighted by Crippen LogP contribution is 2.16. The predicted molar refractivity (Wildman–Crippen MR) is 110 cm³/mol. The molecule has 0 saturated carbocycles. The lowest BCUT2D eigenvalue weighted by atomic mass is 10.0. The van der Waals surface area contributed by atoms with Crippen LogP contribution in [0, 0.1) is 5.82 Å². The summed E-state index contributed by atoms with van der Waals surface area (Å²) in [7, 11) is -3.53. The molecule has 2 N–H and O–H groups in total. The minimum atomic E-state index is -3.53. The summed E-state index contributed by atoms with van der Waals surface area (Å²) >= 11 is 0. The van der Waals surface area contributed by atoms with Crippen LogP contribution in [0.2, 0.25) is 0 Å². The number of nitrogens with one attached hydrogen (secondary N) is 2. The second-order valence-corrected chi connectivity index (χ2v) is 10.1. The number of quaternary nitrogens is 2. The first-order valence-corrected chi connectivity index (χ1v) is 11.9. The molecule has 0 amide bonds. The Labute approximate surface area is 172 Å². The quantitative estimate of drug-likeness (QED) is 0.715. The van der Waals surface area contributed by atoms with Crippen LogP contribution in [0.1, 0.15) is 18.4 Å². The van der Waals surface area contributed by atoms with E-state index < -0.39 is 15.8 Å². The van der Waals surface area contributed by atoms with Crippen molar-refractivity contribution in [3.8, 4) is 0 Å². The SMILES string of the molecule is O=S(=O)(c1ccc(F)cc1)N1CC[NH+](C2CC[NH+](Cc3ccccc3)CC2)CC1. The Balaban J connectivity index is 1.27. The average Bonchev–Trinajstić information content (AvgIpc) is 2.75. The minimum absolute atomic E-state index is 0.181. The van der Waals surface area contributed by atoms with Crippen LogP contribution in [0.15, 0.2) is 59.5 Å². The third-order valence-electron chi connectivity index (χ3n) is 6.38. The molecule has 29 heavy (non-hydrogen) atoms. The lowest BCUT2D eigenvalue weighted by molar-refractivity contribution is -0.965. The van der Waals surface area contributed by atoms with Crippen LogP contribution in [0.4, 0.5) is 4.39 Å². The summed E-state index contributed by atoms with van der Waals surface area (Å²) in [5.41, 5.74) is 1.40. The number of benzene rings is 2. The number of rotatable bonds is 5. The van der Waals surface area contributed by atoms with E-state index in [1.807, 2.05) is 0 Å². The number of halogens is 1. The summed E-state index contributed by atoms with van der Waals surface area (Å²) in [6.45, 7) is 6.21. The monoisotopic (exact) mass is 419 g/mol. The molecule has 0 aliphatic carbocycles. The first-order valence-electron chi connectivity index (χ1n) is 10.5. The van der Waals surface area contributed by atoms with Gasteiger partial charge in [0.05, 0.1) is 50.2 Å². The molecular weight excluding hydrogens is 389 g/mol. The lowest BCUT2D eigenvalue weighted by Gasteiger charge is -2.38. The van der Waals surface area contributed by atoms with Crippen LogP contribution < -0.4 is 9.80 Å². The molecule has 0 radical (unpaired) electrons. The average molecular weight is 420 g/mol. The van der Waals surface area contributed by atoms with E-state index in [2.05, 4.69) is 30.3 Å². The number of hydrogen-bond donors (Lipinski definition) is 2. The molecule has 2 aliphatic heterocycles. The predicted octanol–water partition coefficient (Wildman–Crippen LogP) is -0.0376. The maximum Gasteiger partial charge on any atom is 0.243 e. The first kappa shape index (κ1) is 20.5. The second kappa shape index (κ2) is 8.92. The highest BCUT2D eigenvalue weighted by atomic mass is 32.2. The Morgan fingerprint density at radius 1 is 0.897 bits per heavy atom. The van der Waals surface area contributed by atoms with Crippen LogP contribution >= 0.6 is 0 Å². The zero-order chi connectivity index (χ0) is 20.3. The van der Waals surface area contributed by atoms with Gasteiger partial charge in [0.15, 0.2) is 0 Å². The van der Waals surface area contributed by atoms with Gasteiger partial charge in [-0.05, 0) is 24.3 Å². The fraction of sp³-hybridized carbons (Fsp3) is 0.455. The number of sulfonamides is 1. The largest absolute Gasteiger partial charge is 0.331 e. The topological polar surface area (TPSA) is 46.3 Å². The van der Waals surface area contributed by atoms with E-state index in [1.54, 1.807) is 9.21 Å². The fourth-order valence-corrected chi connectivity index (χ4v) is 6.11. The Morgan fingerprint density at radius 3 is 2.14 bits per heavy atom. The molecule has 2 aromatic carbocycles. The summed E-state index contributed by atoms with van der Waals surface area (Å²) in [4.78, 5) is 3.36. The van der Waals surface area contributed by atoms with E-state index >= 15 is 0 Å². The molecule has 7 heteroatoms. The molecular formula is C22H30FN3O2S+2. The highest BCUT2D eigenvalue weighted by Gasteiger charge is 2.35. The van der Waals surface area contributed by atoms with Gasteiger partial charge < -0.3 is 9.80 Å². The molecule has 2 aliphatic rings. The first-order chi connectivity index (χ1) is 14.0. The van der Waals surface area contributed by atoms with Crippen LogP contribution in [-0.2, 0) is 16.6 Å². The van der Waals surface area contributed by atoms with Crippen LogP contribution in [0.5, 0.6) is 0 Å². The van der Waals surface area contributed by atoms with Gasteiger partial charge in [-0.3, -0.25) is 0 Å². The van der Waals surface area contributed by atoms with E-state index in [1.165, 1.54) is 60.7 Å². The number of piperidine rings is 1. The van der Waals surface area contributed by atoms with Crippen molar-refractivity contribution in [1.82, 2.24) is 4.31 Å². The van der Waals surface area contributed by atoms with Crippen molar-refractivity contribution in [1.29, 1.82) is 0 Å². The van der Waals surface area contributed by atoms with E-state index in [9.17, 15) is 12.8 Å². The van der Waals surface area contributed by atoms with Gasteiger partial charge in [0, 0.05) is 18.4 Å². The van der Waals surface area contributed by atoms with Crippen LogP contribution in [-0.4, -0.2) is 58.0 Å². The van der Waals surface area contributed by atoms with Crippen molar-refractivity contribution in [2.45, 2.75) is 30.3 Å². The van der Waals surface area contributed by atoms with Gasteiger partial charge in [-0.2, -0.15) is 4.31 Å². The summed E-state index contributed by atoms with van der Waals surface area (Å²) in [5.74, 6) is -0.418.